The summed E-state index contributed by atoms with van der Waals surface area (Å²) >= 11 is 0. The van der Waals surface area contributed by atoms with Crippen LogP contribution in [0.1, 0.15) is 55.7 Å². The highest BCUT2D eigenvalue weighted by atomic mass is 19.1. The van der Waals surface area contributed by atoms with Crippen molar-refractivity contribution in [2.75, 3.05) is 0 Å². The third-order valence-corrected chi connectivity index (χ3v) is 7.13. The van der Waals surface area contributed by atoms with E-state index in [1.54, 1.807) is 31.2 Å². The first-order chi connectivity index (χ1) is 17.7. The van der Waals surface area contributed by atoms with Gasteiger partial charge in [-0.3, -0.25) is 19.2 Å². The molecule has 2 aliphatic rings. The predicted molar refractivity (Wildman–Crippen MR) is 131 cm³/mol. The number of ether oxygens (including phenoxy) is 1. The first-order valence-corrected chi connectivity index (χ1v) is 12.5. The highest BCUT2D eigenvalue weighted by molar-refractivity contribution is 5.96. The Labute approximate surface area is 214 Å². The van der Waals surface area contributed by atoms with Crippen molar-refractivity contribution in [3.63, 3.8) is 0 Å². The molecular weight excluding hydrogens is 479 g/mol. The quantitative estimate of drug-likeness (QED) is 0.332. The van der Waals surface area contributed by atoms with Gasteiger partial charge in [0.05, 0.1) is 24.4 Å². The fourth-order valence-electron chi connectivity index (χ4n) is 4.70. The Morgan fingerprint density at radius 2 is 1.84 bits per heavy atom. The van der Waals surface area contributed by atoms with E-state index in [4.69, 9.17) is 4.74 Å². The van der Waals surface area contributed by atoms with Crippen LogP contribution in [0.2, 0.25) is 0 Å². The van der Waals surface area contributed by atoms with Gasteiger partial charge in [0.2, 0.25) is 17.8 Å². The maximum atomic E-state index is 13.6. The number of benzene rings is 1. The number of carbonyl (C=O) groups is 4. The van der Waals surface area contributed by atoms with Crippen molar-refractivity contribution in [3.05, 3.63) is 65.7 Å². The second-order valence-corrected chi connectivity index (χ2v) is 9.66. The molecule has 9 nitrogen and oxygen atoms in total. The van der Waals surface area contributed by atoms with E-state index in [2.05, 4.69) is 20.9 Å². The van der Waals surface area contributed by atoms with E-state index in [9.17, 15) is 23.6 Å². The summed E-state index contributed by atoms with van der Waals surface area (Å²) in [6.07, 6.45) is -0.379. The lowest BCUT2D eigenvalue weighted by Crippen LogP contribution is -2.54. The van der Waals surface area contributed by atoms with Crippen molar-refractivity contribution in [2.45, 2.75) is 58.0 Å². The number of epoxide rings is 1. The Hall–Kier alpha value is -3.66. The van der Waals surface area contributed by atoms with Gasteiger partial charge in [0.1, 0.15) is 11.8 Å². The first kappa shape index (κ1) is 26.4. The molecule has 2 aliphatic heterocycles. The molecule has 37 heavy (non-hydrogen) atoms. The molecule has 3 amide bonds. The summed E-state index contributed by atoms with van der Waals surface area (Å²) in [7, 11) is 0. The number of pyridine rings is 1. The number of fused-ring (bicyclic) bond motifs is 1. The number of aromatic nitrogens is 1. The smallest absolute Gasteiger partial charge is 0.270 e. The van der Waals surface area contributed by atoms with Gasteiger partial charge in [-0.25, -0.2) is 4.98 Å². The number of halogens is 1. The number of amides is 3. The lowest BCUT2D eigenvalue weighted by Gasteiger charge is -2.31. The van der Waals surface area contributed by atoms with Crippen LogP contribution in [0.4, 0.5) is 4.39 Å². The number of piperidine rings is 1. The molecule has 4 rings (SSSR count). The van der Waals surface area contributed by atoms with Crippen molar-refractivity contribution in [3.8, 4) is 0 Å². The van der Waals surface area contributed by atoms with Crippen molar-refractivity contribution < 1.29 is 28.3 Å². The number of ketones is 1. The van der Waals surface area contributed by atoms with Crippen LogP contribution < -0.4 is 16.0 Å². The summed E-state index contributed by atoms with van der Waals surface area (Å²) < 4.78 is 19.0. The summed E-state index contributed by atoms with van der Waals surface area (Å²) in [4.78, 5) is 55.5. The molecule has 0 bridgehead atoms. The van der Waals surface area contributed by atoms with E-state index >= 15 is 0 Å². The van der Waals surface area contributed by atoms with E-state index in [0.29, 0.717) is 12.0 Å². The van der Waals surface area contributed by atoms with E-state index in [-0.39, 0.29) is 29.7 Å². The lowest BCUT2D eigenvalue weighted by atomic mass is 9.78. The molecule has 0 spiro atoms. The van der Waals surface area contributed by atoms with Crippen LogP contribution in [0.15, 0.2) is 48.5 Å². The monoisotopic (exact) mass is 510 g/mol. The standard InChI is InChI=1S/C27H31FN4O5/c1-4-14(2)22(23(34)21-15(3)25(35)32-27-24(21)37-27)31-20(33)13-18(16-9-6-5-7-10-16)30-26(36)17-11-8-12-19(28)29-17/h5-12,14-15,18,21-22,24,27H,4,13H2,1-3H3,(H,30,36)(H,31,33)(H,32,35)/t14-,15-,18-,21+,22-,24?,27?/m0/s1. The molecule has 7 atom stereocenters. The average molecular weight is 511 g/mol. The number of carbonyl (C=O) groups excluding carboxylic acids is 4. The van der Waals surface area contributed by atoms with Crippen LogP contribution in [0, 0.1) is 23.7 Å². The van der Waals surface area contributed by atoms with E-state index in [1.807, 2.05) is 19.9 Å². The largest absolute Gasteiger partial charge is 0.347 e. The zero-order valence-corrected chi connectivity index (χ0v) is 20.9. The highest BCUT2D eigenvalue weighted by Gasteiger charge is 2.57. The van der Waals surface area contributed by atoms with Crippen LogP contribution in [0.5, 0.6) is 0 Å². The molecule has 3 heterocycles. The Morgan fingerprint density at radius 3 is 2.51 bits per heavy atom. The van der Waals surface area contributed by atoms with Gasteiger partial charge in [-0.05, 0) is 23.6 Å². The van der Waals surface area contributed by atoms with Gasteiger partial charge < -0.3 is 20.7 Å². The molecule has 0 aliphatic carbocycles. The number of Topliss-reactive ketones (excluding diaryl/α,β-unsaturated/α-hetero) is 1. The molecule has 2 saturated heterocycles. The molecule has 10 heteroatoms. The Bertz CT molecular complexity index is 1180. The lowest BCUT2D eigenvalue weighted by molar-refractivity contribution is -0.138. The van der Waals surface area contributed by atoms with Crippen LogP contribution >= 0.6 is 0 Å². The van der Waals surface area contributed by atoms with Gasteiger partial charge >= 0.3 is 0 Å². The summed E-state index contributed by atoms with van der Waals surface area (Å²) in [5, 5.41) is 8.34. The molecule has 3 N–H and O–H groups in total. The number of rotatable bonds is 10. The van der Waals surface area contributed by atoms with E-state index in [0.717, 1.165) is 6.07 Å². The average Bonchev–Trinajstić information content (AvgIpc) is 3.65. The zero-order valence-electron chi connectivity index (χ0n) is 20.9. The summed E-state index contributed by atoms with van der Waals surface area (Å²) in [6.45, 7) is 5.48. The summed E-state index contributed by atoms with van der Waals surface area (Å²) in [5.41, 5.74) is 0.554. The maximum absolute atomic E-state index is 13.6. The van der Waals surface area contributed by atoms with Crippen LogP contribution in [-0.4, -0.2) is 46.9 Å². The van der Waals surface area contributed by atoms with Crippen molar-refractivity contribution in [1.29, 1.82) is 0 Å². The van der Waals surface area contributed by atoms with Gasteiger partial charge in [-0.1, -0.05) is 63.6 Å². The number of hydrogen-bond acceptors (Lipinski definition) is 6. The number of nitrogens with one attached hydrogen (secondary N) is 3. The molecule has 1 aromatic carbocycles. The zero-order chi connectivity index (χ0) is 26.7. The second kappa shape index (κ2) is 11.2. The fraction of sp³-hybridized carbons (Fsp3) is 0.444. The van der Waals surface area contributed by atoms with Crippen molar-refractivity contribution in [2.24, 2.45) is 17.8 Å². The maximum Gasteiger partial charge on any atom is 0.270 e. The van der Waals surface area contributed by atoms with E-state index in [1.165, 1.54) is 12.1 Å². The molecule has 1 aromatic heterocycles. The van der Waals surface area contributed by atoms with Gasteiger partial charge in [0, 0.05) is 5.92 Å². The van der Waals surface area contributed by atoms with Gasteiger partial charge in [-0.15, -0.1) is 0 Å². The number of nitrogens with zero attached hydrogens (tertiary/aromatic N) is 1. The van der Waals surface area contributed by atoms with Crippen molar-refractivity contribution >= 4 is 23.5 Å². The van der Waals surface area contributed by atoms with Gasteiger partial charge in [0.25, 0.3) is 5.91 Å². The van der Waals surface area contributed by atoms with Crippen molar-refractivity contribution in [1.82, 2.24) is 20.9 Å². The summed E-state index contributed by atoms with van der Waals surface area (Å²) in [6, 6.07) is 11.2. The molecule has 196 valence electrons. The van der Waals surface area contributed by atoms with Crippen LogP contribution in [0.3, 0.4) is 0 Å². The minimum Gasteiger partial charge on any atom is -0.347 e. The molecule has 2 aromatic rings. The molecule has 0 radical (unpaired) electrons. The fourth-order valence-corrected chi connectivity index (χ4v) is 4.70. The second-order valence-electron chi connectivity index (χ2n) is 9.66. The first-order valence-electron chi connectivity index (χ1n) is 12.5. The van der Waals surface area contributed by atoms with Gasteiger partial charge in [0.15, 0.2) is 12.0 Å². The van der Waals surface area contributed by atoms with Gasteiger partial charge in [-0.2, -0.15) is 4.39 Å². The topological polar surface area (TPSA) is 130 Å². The SMILES string of the molecule is CC[C@H](C)[C@H](NC(=O)C[C@H](NC(=O)c1cccc(F)n1)c1ccccc1)C(=O)[C@@H]1C2OC2NC(=O)[C@H]1C. The normalized spacial score (nSPS) is 24.6. The molecular formula is C27H31FN4O5. The Kier molecular flexibility index (Phi) is 7.97. The van der Waals surface area contributed by atoms with Crippen LogP contribution in [0.25, 0.3) is 0 Å². The Balaban J connectivity index is 1.50. The van der Waals surface area contributed by atoms with Crippen LogP contribution in [-0.2, 0) is 19.1 Å². The minimum atomic E-state index is -0.822. The van der Waals surface area contributed by atoms with E-state index < -0.39 is 54.0 Å². The minimum absolute atomic E-state index is 0.113. The Morgan fingerprint density at radius 1 is 1.11 bits per heavy atom. The summed E-state index contributed by atoms with van der Waals surface area (Å²) in [5.74, 6) is -3.76. The third-order valence-electron chi connectivity index (χ3n) is 7.13. The molecule has 0 saturated carbocycles. The highest BCUT2D eigenvalue weighted by Crippen LogP contribution is 2.38. The molecule has 2 unspecified atom stereocenters. The third kappa shape index (κ3) is 6.02. The molecule has 2 fully saturated rings. The predicted octanol–water partition coefficient (Wildman–Crippen LogP) is 2.29. The number of hydrogen-bond donors (Lipinski definition) is 3.